The van der Waals surface area contributed by atoms with Crippen molar-refractivity contribution in [3.05, 3.63) is 24.0 Å². The third-order valence-electron chi connectivity index (χ3n) is 4.20. The molecule has 0 aliphatic carbocycles. The summed E-state index contributed by atoms with van der Waals surface area (Å²) in [6.45, 7) is 4.16. The predicted octanol–water partition coefficient (Wildman–Crippen LogP) is 4.12. The predicted molar refractivity (Wildman–Crippen MR) is 87.8 cm³/mol. The first kappa shape index (κ1) is 16.3. The molecule has 2 rings (SSSR count). The lowest BCUT2D eigenvalue weighted by molar-refractivity contribution is 0.276. The highest BCUT2D eigenvalue weighted by Gasteiger charge is 2.14. The average Bonchev–Trinajstić information content (AvgIpc) is 3.03. The van der Waals surface area contributed by atoms with Crippen molar-refractivity contribution in [1.82, 2.24) is 10.3 Å². The van der Waals surface area contributed by atoms with Crippen LogP contribution < -0.4 is 10.1 Å². The molecule has 1 aromatic rings. The van der Waals surface area contributed by atoms with Gasteiger partial charge in [0.1, 0.15) is 12.4 Å². The Labute approximate surface area is 129 Å². The smallest absolute Gasteiger partial charge is 0.137 e. The zero-order valence-electron chi connectivity index (χ0n) is 13.4. The summed E-state index contributed by atoms with van der Waals surface area (Å²) in [4.78, 5) is 4.31. The standard InChI is InChI=1S/C18H30N2O/c1-2-3-4-5-6-7-9-16-12-18(14-19-13-16)21-15-17-10-8-11-20-17/h12-14,17,20H,2-11,15H2,1H3/t17-/m0/s1. The highest BCUT2D eigenvalue weighted by atomic mass is 16.5. The Balaban J connectivity index is 1.65. The molecule has 0 amide bonds. The minimum absolute atomic E-state index is 0.521. The topological polar surface area (TPSA) is 34.1 Å². The molecule has 0 spiro atoms. The van der Waals surface area contributed by atoms with Gasteiger partial charge in [-0.15, -0.1) is 0 Å². The second-order valence-electron chi connectivity index (χ2n) is 6.15. The van der Waals surface area contributed by atoms with Crippen molar-refractivity contribution in [2.75, 3.05) is 13.2 Å². The van der Waals surface area contributed by atoms with Gasteiger partial charge in [0.2, 0.25) is 0 Å². The summed E-state index contributed by atoms with van der Waals surface area (Å²) in [6, 6.07) is 2.68. The molecular formula is C18H30N2O. The second kappa shape index (κ2) is 9.78. The van der Waals surface area contributed by atoms with E-state index in [0.717, 1.165) is 25.3 Å². The fraction of sp³-hybridized carbons (Fsp3) is 0.722. The van der Waals surface area contributed by atoms with Crippen LogP contribution in [0.15, 0.2) is 18.5 Å². The molecule has 1 fully saturated rings. The second-order valence-corrected chi connectivity index (χ2v) is 6.15. The SMILES string of the molecule is CCCCCCCCc1cncc(OC[C@@H]2CCCN2)c1. The number of rotatable bonds is 10. The Hall–Kier alpha value is -1.09. The van der Waals surface area contributed by atoms with Crippen LogP contribution in [0, 0.1) is 0 Å². The molecule has 1 N–H and O–H groups in total. The Morgan fingerprint density at radius 2 is 2.05 bits per heavy atom. The summed E-state index contributed by atoms with van der Waals surface area (Å²) in [5.41, 5.74) is 1.31. The van der Waals surface area contributed by atoms with Crippen molar-refractivity contribution in [3.8, 4) is 5.75 Å². The van der Waals surface area contributed by atoms with Gasteiger partial charge >= 0.3 is 0 Å². The molecule has 1 aliphatic rings. The van der Waals surface area contributed by atoms with Crippen LogP contribution in [0.1, 0.15) is 63.9 Å². The van der Waals surface area contributed by atoms with Crippen molar-refractivity contribution >= 4 is 0 Å². The van der Waals surface area contributed by atoms with E-state index in [9.17, 15) is 0 Å². The van der Waals surface area contributed by atoms with E-state index in [1.165, 1.54) is 56.9 Å². The molecule has 118 valence electrons. The highest BCUT2D eigenvalue weighted by Crippen LogP contribution is 2.16. The number of hydrogen-bond acceptors (Lipinski definition) is 3. The number of aryl methyl sites for hydroxylation is 1. The van der Waals surface area contributed by atoms with Gasteiger partial charge < -0.3 is 10.1 Å². The van der Waals surface area contributed by atoms with Gasteiger partial charge in [0.15, 0.2) is 0 Å². The largest absolute Gasteiger partial charge is 0.490 e. The van der Waals surface area contributed by atoms with E-state index in [1.54, 1.807) is 0 Å². The first-order valence-corrected chi connectivity index (χ1v) is 8.68. The molecule has 2 heterocycles. The molecule has 0 bridgehead atoms. The van der Waals surface area contributed by atoms with E-state index in [-0.39, 0.29) is 0 Å². The molecule has 0 radical (unpaired) electrons. The van der Waals surface area contributed by atoms with E-state index >= 15 is 0 Å². The summed E-state index contributed by atoms with van der Waals surface area (Å²) < 4.78 is 5.86. The van der Waals surface area contributed by atoms with E-state index in [4.69, 9.17) is 4.74 Å². The van der Waals surface area contributed by atoms with E-state index in [0.29, 0.717) is 6.04 Å². The molecule has 21 heavy (non-hydrogen) atoms. The minimum atomic E-state index is 0.521. The van der Waals surface area contributed by atoms with Crippen molar-refractivity contribution < 1.29 is 4.74 Å². The minimum Gasteiger partial charge on any atom is -0.490 e. The molecule has 0 saturated carbocycles. The molecule has 0 unspecified atom stereocenters. The zero-order chi connectivity index (χ0) is 14.8. The van der Waals surface area contributed by atoms with Crippen LogP contribution in [0.5, 0.6) is 5.75 Å². The van der Waals surface area contributed by atoms with Gasteiger partial charge in [0.25, 0.3) is 0 Å². The van der Waals surface area contributed by atoms with Crippen LogP contribution in [0.4, 0.5) is 0 Å². The molecule has 3 heteroatoms. The lowest BCUT2D eigenvalue weighted by Gasteiger charge is -2.12. The van der Waals surface area contributed by atoms with Gasteiger partial charge in [-0.3, -0.25) is 4.98 Å². The summed E-state index contributed by atoms with van der Waals surface area (Å²) >= 11 is 0. The lowest BCUT2D eigenvalue weighted by atomic mass is 10.1. The maximum atomic E-state index is 5.86. The van der Waals surface area contributed by atoms with Crippen molar-refractivity contribution in [2.45, 2.75) is 70.8 Å². The fourth-order valence-corrected chi connectivity index (χ4v) is 2.88. The van der Waals surface area contributed by atoms with Crippen LogP contribution in [0.3, 0.4) is 0 Å². The van der Waals surface area contributed by atoms with Crippen LogP contribution >= 0.6 is 0 Å². The first-order valence-electron chi connectivity index (χ1n) is 8.68. The van der Waals surface area contributed by atoms with Crippen molar-refractivity contribution in [2.24, 2.45) is 0 Å². The van der Waals surface area contributed by atoms with E-state index in [2.05, 4.69) is 23.3 Å². The fourth-order valence-electron chi connectivity index (χ4n) is 2.88. The molecule has 1 saturated heterocycles. The molecule has 1 aromatic heterocycles. The third-order valence-corrected chi connectivity index (χ3v) is 4.20. The Morgan fingerprint density at radius 3 is 2.86 bits per heavy atom. The first-order chi connectivity index (χ1) is 10.4. The number of pyridine rings is 1. The molecule has 1 aliphatic heterocycles. The van der Waals surface area contributed by atoms with E-state index in [1.807, 2.05) is 12.4 Å². The highest BCUT2D eigenvalue weighted by molar-refractivity contribution is 5.23. The molecule has 0 aromatic carbocycles. The van der Waals surface area contributed by atoms with Crippen LogP contribution in [0.25, 0.3) is 0 Å². The van der Waals surface area contributed by atoms with Gasteiger partial charge in [0, 0.05) is 12.2 Å². The average molecular weight is 290 g/mol. The van der Waals surface area contributed by atoms with E-state index < -0.39 is 0 Å². The maximum Gasteiger partial charge on any atom is 0.137 e. The summed E-state index contributed by atoms with van der Waals surface area (Å²) in [7, 11) is 0. The molecule has 1 atom stereocenters. The van der Waals surface area contributed by atoms with Crippen molar-refractivity contribution in [3.63, 3.8) is 0 Å². The van der Waals surface area contributed by atoms with Gasteiger partial charge in [0.05, 0.1) is 6.20 Å². The number of ether oxygens (including phenoxy) is 1. The van der Waals surface area contributed by atoms with Crippen LogP contribution in [-0.4, -0.2) is 24.2 Å². The summed E-state index contributed by atoms with van der Waals surface area (Å²) in [6.07, 6.45) is 15.5. The van der Waals surface area contributed by atoms with Crippen LogP contribution in [-0.2, 0) is 6.42 Å². The number of nitrogens with one attached hydrogen (secondary N) is 1. The zero-order valence-corrected chi connectivity index (χ0v) is 13.4. The Bertz CT molecular complexity index is 389. The number of nitrogens with zero attached hydrogens (tertiary/aromatic N) is 1. The molecule has 3 nitrogen and oxygen atoms in total. The lowest BCUT2D eigenvalue weighted by Crippen LogP contribution is -2.28. The van der Waals surface area contributed by atoms with Gasteiger partial charge in [-0.05, 0) is 43.9 Å². The summed E-state index contributed by atoms with van der Waals surface area (Å²) in [5, 5.41) is 3.45. The van der Waals surface area contributed by atoms with Gasteiger partial charge in [-0.2, -0.15) is 0 Å². The Morgan fingerprint density at radius 1 is 1.19 bits per heavy atom. The van der Waals surface area contributed by atoms with Crippen LogP contribution in [0.2, 0.25) is 0 Å². The normalized spacial score (nSPS) is 18.0. The van der Waals surface area contributed by atoms with Crippen molar-refractivity contribution in [1.29, 1.82) is 0 Å². The number of aromatic nitrogens is 1. The van der Waals surface area contributed by atoms with Gasteiger partial charge in [-0.25, -0.2) is 0 Å². The Kier molecular flexibility index (Phi) is 7.58. The summed E-state index contributed by atoms with van der Waals surface area (Å²) in [5.74, 6) is 0.923. The monoisotopic (exact) mass is 290 g/mol. The third kappa shape index (κ3) is 6.47. The number of hydrogen-bond donors (Lipinski definition) is 1. The quantitative estimate of drug-likeness (QED) is 0.658. The van der Waals surface area contributed by atoms with Gasteiger partial charge in [-0.1, -0.05) is 39.0 Å². The molecular weight excluding hydrogens is 260 g/mol. The maximum absolute atomic E-state index is 5.86. The number of unbranched alkanes of at least 4 members (excludes halogenated alkanes) is 5.